The molecule has 4 rings (SSSR count). The predicted molar refractivity (Wildman–Crippen MR) is 90.3 cm³/mol. The lowest BCUT2D eigenvalue weighted by Crippen LogP contribution is -2.56. The first kappa shape index (κ1) is 14.4. The van der Waals surface area contributed by atoms with Crippen LogP contribution in [0.15, 0.2) is 54.6 Å². The highest BCUT2D eigenvalue weighted by Gasteiger charge is 2.34. The zero-order chi connectivity index (χ0) is 16.7. The molecule has 5 heteroatoms. The number of rotatable bonds is 2. The number of barbiturate groups is 1. The van der Waals surface area contributed by atoms with E-state index >= 15 is 0 Å². The van der Waals surface area contributed by atoms with Gasteiger partial charge in [-0.3, -0.25) is 20.2 Å². The maximum absolute atomic E-state index is 12.1. The fraction of sp³-hybridized carbons (Fsp3) is 0.105. The van der Waals surface area contributed by atoms with Crippen molar-refractivity contribution in [3.05, 3.63) is 60.2 Å². The smallest absolute Gasteiger partial charge is 0.277 e. The van der Waals surface area contributed by atoms with Crippen molar-refractivity contribution < 1.29 is 14.4 Å². The molecule has 1 aliphatic rings. The monoisotopic (exact) mass is 318 g/mol. The first-order valence-electron chi connectivity index (χ1n) is 7.68. The summed E-state index contributed by atoms with van der Waals surface area (Å²) < 4.78 is 0. The summed E-state index contributed by atoms with van der Waals surface area (Å²) in [6.07, 6.45) is 0.243. The van der Waals surface area contributed by atoms with Crippen LogP contribution in [0, 0.1) is 5.92 Å². The minimum Gasteiger partial charge on any atom is -0.277 e. The van der Waals surface area contributed by atoms with E-state index in [-0.39, 0.29) is 6.42 Å². The van der Waals surface area contributed by atoms with Crippen LogP contribution >= 0.6 is 0 Å². The van der Waals surface area contributed by atoms with Crippen LogP contribution < -0.4 is 10.6 Å². The summed E-state index contributed by atoms with van der Waals surface area (Å²) in [5.41, 5.74) is 0.938. The molecular weight excluding hydrogens is 304 g/mol. The van der Waals surface area contributed by atoms with E-state index in [4.69, 9.17) is 0 Å². The molecule has 1 heterocycles. The second-order valence-electron chi connectivity index (χ2n) is 5.86. The molecule has 118 valence electrons. The average molecular weight is 318 g/mol. The third kappa shape index (κ3) is 2.31. The zero-order valence-corrected chi connectivity index (χ0v) is 12.7. The van der Waals surface area contributed by atoms with Crippen molar-refractivity contribution in [2.24, 2.45) is 5.92 Å². The number of urea groups is 1. The van der Waals surface area contributed by atoms with E-state index in [0.29, 0.717) is 0 Å². The van der Waals surface area contributed by atoms with Crippen LogP contribution in [0.2, 0.25) is 0 Å². The maximum atomic E-state index is 12.1. The second-order valence-corrected chi connectivity index (χ2v) is 5.86. The maximum Gasteiger partial charge on any atom is 0.328 e. The van der Waals surface area contributed by atoms with Gasteiger partial charge in [0, 0.05) is 0 Å². The van der Waals surface area contributed by atoms with E-state index in [1.54, 1.807) is 0 Å². The van der Waals surface area contributed by atoms with Crippen LogP contribution in [0.4, 0.5) is 4.79 Å². The highest BCUT2D eigenvalue weighted by Crippen LogP contribution is 2.30. The molecule has 0 unspecified atom stereocenters. The Hall–Kier alpha value is -3.21. The van der Waals surface area contributed by atoms with Crippen LogP contribution in [0.25, 0.3) is 21.5 Å². The van der Waals surface area contributed by atoms with Gasteiger partial charge in [-0.05, 0) is 39.6 Å². The van der Waals surface area contributed by atoms with Gasteiger partial charge in [0.25, 0.3) is 0 Å². The molecule has 3 aromatic carbocycles. The molecule has 0 spiro atoms. The van der Waals surface area contributed by atoms with Crippen molar-refractivity contribution in [2.45, 2.75) is 6.42 Å². The van der Waals surface area contributed by atoms with Crippen molar-refractivity contribution in [3.63, 3.8) is 0 Å². The van der Waals surface area contributed by atoms with E-state index in [9.17, 15) is 14.4 Å². The number of hydrogen-bond donors (Lipinski definition) is 2. The SMILES string of the molecule is O=C1NC(=O)C(Cc2c3ccccc3cc3ccccc23)C(=O)N1. The minimum absolute atomic E-state index is 0.243. The summed E-state index contributed by atoms with van der Waals surface area (Å²) >= 11 is 0. The van der Waals surface area contributed by atoms with Crippen LogP contribution in [0.1, 0.15) is 5.56 Å². The number of fused-ring (bicyclic) bond motifs is 2. The number of carbonyl (C=O) groups is 3. The Kier molecular flexibility index (Phi) is 3.27. The quantitative estimate of drug-likeness (QED) is 0.563. The number of carbonyl (C=O) groups excluding carboxylic acids is 3. The molecule has 24 heavy (non-hydrogen) atoms. The molecule has 0 bridgehead atoms. The zero-order valence-electron chi connectivity index (χ0n) is 12.7. The van der Waals surface area contributed by atoms with Crippen molar-refractivity contribution >= 4 is 39.4 Å². The van der Waals surface area contributed by atoms with Gasteiger partial charge in [-0.25, -0.2) is 4.79 Å². The topological polar surface area (TPSA) is 75.3 Å². The van der Waals surface area contributed by atoms with E-state index in [1.807, 2.05) is 48.5 Å². The summed E-state index contributed by atoms with van der Waals surface area (Å²) in [6, 6.07) is 17.1. The molecule has 1 saturated heterocycles. The molecule has 3 aromatic rings. The van der Waals surface area contributed by atoms with Gasteiger partial charge in [0.05, 0.1) is 0 Å². The Morgan fingerprint density at radius 1 is 0.750 bits per heavy atom. The average Bonchev–Trinajstić information content (AvgIpc) is 2.57. The van der Waals surface area contributed by atoms with E-state index in [2.05, 4.69) is 16.7 Å². The fourth-order valence-electron chi connectivity index (χ4n) is 3.27. The fourth-order valence-corrected chi connectivity index (χ4v) is 3.27. The first-order chi connectivity index (χ1) is 11.6. The predicted octanol–water partition coefficient (Wildman–Crippen LogP) is 2.52. The van der Waals surface area contributed by atoms with Crippen LogP contribution in [-0.4, -0.2) is 17.8 Å². The summed E-state index contributed by atoms with van der Waals surface area (Å²) in [5, 5.41) is 8.46. The molecule has 2 N–H and O–H groups in total. The Labute approximate surface area is 137 Å². The summed E-state index contributed by atoms with van der Waals surface area (Å²) in [7, 11) is 0. The van der Waals surface area contributed by atoms with Crippen molar-refractivity contribution in [1.29, 1.82) is 0 Å². The molecular formula is C19H14N2O3. The number of amides is 4. The highest BCUT2D eigenvalue weighted by molar-refractivity contribution is 6.16. The minimum atomic E-state index is -0.920. The van der Waals surface area contributed by atoms with Gasteiger partial charge in [-0.2, -0.15) is 0 Å². The van der Waals surface area contributed by atoms with Gasteiger partial charge in [0.2, 0.25) is 11.8 Å². The van der Waals surface area contributed by atoms with Crippen molar-refractivity contribution in [2.75, 3.05) is 0 Å². The van der Waals surface area contributed by atoms with E-state index in [0.717, 1.165) is 27.1 Å². The molecule has 0 radical (unpaired) electrons. The van der Waals surface area contributed by atoms with Gasteiger partial charge in [-0.1, -0.05) is 48.5 Å². The van der Waals surface area contributed by atoms with Gasteiger partial charge < -0.3 is 0 Å². The Balaban J connectivity index is 1.89. The van der Waals surface area contributed by atoms with E-state index in [1.165, 1.54) is 0 Å². The molecule has 1 aliphatic heterocycles. The molecule has 1 fully saturated rings. The first-order valence-corrected chi connectivity index (χ1v) is 7.68. The number of nitrogens with one attached hydrogen (secondary N) is 2. The van der Waals surface area contributed by atoms with Crippen molar-refractivity contribution in [3.8, 4) is 0 Å². The van der Waals surface area contributed by atoms with Crippen LogP contribution in [-0.2, 0) is 16.0 Å². The number of imide groups is 2. The molecule has 0 saturated carbocycles. The summed E-state index contributed by atoms with van der Waals surface area (Å²) in [5.74, 6) is -2.03. The highest BCUT2D eigenvalue weighted by atomic mass is 16.2. The normalized spacial score (nSPS) is 15.6. The van der Waals surface area contributed by atoms with Crippen LogP contribution in [0.3, 0.4) is 0 Å². The van der Waals surface area contributed by atoms with Gasteiger partial charge in [0.15, 0.2) is 0 Å². The number of benzene rings is 3. The lowest BCUT2D eigenvalue weighted by atomic mass is 9.89. The van der Waals surface area contributed by atoms with Gasteiger partial charge >= 0.3 is 6.03 Å². The Bertz CT molecular complexity index is 936. The number of hydrogen-bond acceptors (Lipinski definition) is 3. The standard InChI is InChI=1S/C19H14N2O3/c22-17-16(18(23)21-19(24)20-17)10-15-13-7-3-1-5-11(13)9-12-6-2-4-8-14(12)15/h1-9,16H,10H2,(H2,20,21,22,23,24). The summed E-state index contributed by atoms with van der Waals surface area (Å²) in [4.78, 5) is 35.4. The van der Waals surface area contributed by atoms with Gasteiger partial charge in [-0.15, -0.1) is 0 Å². The molecule has 0 atom stereocenters. The third-order valence-electron chi connectivity index (χ3n) is 4.40. The lowest BCUT2D eigenvalue weighted by molar-refractivity contribution is -0.135. The Morgan fingerprint density at radius 3 is 1.79 bits per heavy atom. The largest absolute Gasteiger partial charge is 0.328 e. The molecule has 4 amide bonds. The third-order valence-corrected chi connectivity index (χ3v) is 4.40. The molecule has 5 nitrogen and oxygen atoms in total. The molecule has 0 aliphatic carbocycles. The Morgan fingerprint density at radius 2 is 1.25 bits per heavy atom. The van der Waals surface area contributed by atoms with E-state index < -0.39 is 23.8 Å². The van der Waals surface area contributed by atoms with Crippen LogP contribution in [0.5, 0.6) is 0 Å². The van der Waals surface area contributed by atoms with Crippen molar-refractivity contribution in [1.82, 2.24) is 10.6 Å². The second kappa shape index (κ2) is 5.45. The lowest BCUT2D eigenvalue weighted by Gasteiger charge is -2.22. The van der Waals surface area contributed by atoms with Gasteiger partial charge in [0.1, 0.15) is 5.92 Å². The summed E-state index contributed by atoms with van der Waals surface area (Å²) in [6.45, 7) is 0. The molecule has 0 aromatic heterocycles.